The molecule has 0 amide bonds. The fourth-order valence-electron chi connectivity index (χ4n) is 2.15. The van der Waals surface area contributed by atoms with Crippen LogP contribution in [0.4, 0.5) is 0 Å². The van der Waals surface area contributed by atoms with Gasteiger partial charge in [0.25, 0.3) is 0 Å². The van der Waals surface area contributed by atoms with Crippen LogP contribution in [0.15, 0.2) is 0 Å². The lowest BCUT2D eigenvalue weighted by atomic mass is 10.1. The van der Waals surface area contributed by atoms with Crippen LogP contribution < -0.4 is 0 Å². The molecule has 0 aliphatic rings. The molecule has 0 aliphatic heterocycles. The summed E-state index contributed by atoms with van der Waals surface area (Å²) in [6, 6.07) is 0. The number of carboxylic acid groups (broad SMARTS) is 1. The molecule has 0 radical (unpaired) electrons. The largest absolute Gasteiger partial charge is 0.481 e. The quantitative estimate of drug-likeness (QED) is 0.398. The van der Waals surface area contributed by atoms with Crippen LogP contribution in [-0.2, 0) is 4.79 Å². The summed E-state index contributed by atoms with van der Waals surface area (Å²) in [7, 11) is 0. The minimum Gasteiger partial charge on any atom is -0.481 e. The zero-order chi connectivity index (χ0) is 15.6. The highest BCUT2D eigenvalue weighted by molar-refractivity contribution is 5.70. The SMILES string of the molecule is CCCCCCCCCCCCCC#CC#CCC(=O)O. The van der Waals surface area contributed by atoms with Crippen LogP contribution in [0.3, 0.4) is 0 Å². The van der Waals surface area contributed by atoms with Crippen LogP contribution in [-0.4, -0.2) is 11.1 Å². The lowest BCUT2D eigenvalue weighted by Gasteiger charge is -2.01. The molecule has 0 aromatic carbocycles. The van der Waals surface area contributed by atoms with E-state index in [0.29, 0.717) is 0 Å². The molecule has 2 nitrogen and oxygen atoms in total. The highest BCUT2D eigenvalue weighted by atomic mass is 16.4. The molecule has 0 atom stereocenters. The van der Waals surface area contributed by atoms with Gasteiger partial charge in [-0.25, -0.2) is 0 Å². The Labute approximate surface area is 130 Å². The number of unbranched alkanes of at least 4 members (excludes halogenated alkanes) is 11. The lowest BCUT2D eigenvalue weighted by Crippen LogP contribution is -1.89. The van der Waals surface area contributed by atoms with E-state index in [0.717, 1.165) is 12.8 Å². The van der Waals surface area contributed by atoms with Crippen LogP contribution in [0.5, 0.6) is 0 Å². The van der Waals surface area contributed by atoms with Crippen molar-refractivity contribution >= 4 is 5.97 Å². The summed E-state index contributed by atoms with van der Waals surface area (Å²) in [5.74, 6) is 9.85. The van der Waals surface area contributed by atoms with Crippen molar-refractivity contribution in [3.63, 3.8) is 0 Å². The predicted molar refractivity (Wildman–Crippen MR) is 88.9 cm³/mol. The second kappa shape index (κ2) is 16.6. The monoisotopic (exact) mass is 290 g/mol. The van der Waals surface area contributed by atoms with E-state index in [-0.39, 0.29) is 6.42 Å². The van der Waals surface area contributed by atoms with E-state index >= 15 is 0 Å². The van der Waals surface area contributed by atoms with Gasteiger partial charge in [-0.3, -0.25) is 4.79 Å². The Bertz CT molecular complexity index is 362. The maximum Gasteiger partial charge on any atom is 0.315 e. The molecule has 0 saturated carbocycles. The number of carboxylic acids is 1. The van der Waals surface area contributed by atoms with Crippen molar-refractivity contribution < 1.29 is 9.90 Å². The molecule has 0 unspecified atom stereocenters. The molecule has 0 fully saturated rings. The van der Waals surface area contributed by atoms with Gasteiger partial charge in [0.1, 0.15) is 6.42 Å². The second-order valence-electron chi connectivity index (χ2n) is 5.46. The Kier molecular flexibility index (Phi) is 15.5. The zero-order valence-corrected chi connectivity index (χ0v) is 13.5. The van der Waals surface area contributed by atoms with Gasteiger partial charge in [-0.05, 0) is 18.3 Å². The summed E-state index contributed by atoms with van der Waals surface area (Å²) in [6.07, 6.45) is 15.5. The Balaban J connectivity index is 3.20. The Hall–Kier alpha value is -1.41. The van der Waals surface area contributed by atoms with Crippen molar-refractivity contribution in [2.75, 3.05) is 0 Å². The fourth-order valence-corrected chi connectivity index (χ4v) is 2.15. The van der Waals surface area contributed by atoms with E-state index < -0.39 is 5.97 Å². The Morgan fingerprint density at radius 3 is 1.76 bits per heavy atom. The number of rotatable bonds is 12. The molecule has 0 aromatic rings. The van der Waals surface area contributed by atoms with Gasteiger partial charge in [-0.15, -0.1) is 0 Å². The van der Waals surface area contributed by atoms with Gasteiger partial charge in [-0.2, -0.15) is 0 Å². The zero-order valence-electron chi connectivity index (χ0n) is 13.5. The normalized spacial score (nSPS) is 9.38. The van der Waals surface area contributed by atoms with Crippen LogP contribution in [0.25, 0.3) is 0 Å². The summed E-state index contributed by atoms with van der Waals surface area (Å²) in [5, 5.41) is 8.38. The van der Waals surface area contributed by atoms with Crippen molar-refractivity contribution in [1.29, 1.82) is 0 Å². The summed E-state index contributed by atoms with van der Waals surface area (Å²) in [6.45, 7) is 2.26. The summed E-state index contributed by atoms with van der Waals surface area (Å²) < 4.78 is 0. The van der Waals surface area contributed by atoms with E-state index in [2.05, 4.69) is 30.6 Å². The second-order valence-corrected chi connectivity index (χ2v) is 5.46. The third-order valence-electron chi connectivity index (χ3n) is 3.38. The van der Waals surface area contributed by atoms with Crippen molar-refractivity contribution in [3.05, 3.63) is 0 Å². The van der Waals surface area contributed by atoms with Gasteiger partial charge in [0.15, 0.2) is 0 Å². The highest BCUT2D eigenvalue weighted by Gasteiger charge is 1.92. The fraction of sp³-hybridized carbons (Fsp3) is 0.737. The van der Waals surface area contributed by atoms with Gasteiger partial charge in [-0.1, -0.05) is 83.0 Å². The molecule has 0 aliphatic carbocycles. The van der Waals surface area contributed by atoms with Gasteiger partial charge >= 0.3 is 5.97 Å². The third kappa shape index (κ3) is 18.6. The molecule has 2 heteroatoms. The first-order chi connectivity index (χ1) is 10.3. The number of carbonyl (C=O) groups is 1. The van der Waals surface area contributed by atoms with Crippen LogP contribution in [0.1, 0.15) is 90.4 Å². The number of hydrogen-bond donors (Lipinski definition) is 1. The lowest BCUT2D eigenvalue weighted by molar-refractivity contribution is -0.135. The molecule has 21 heavy (non-hydrogen) atoms. The van der Waals surface area contributed by atoms with E-state index in [4.69, 9.17) is 5.11 Å². The molecule has 1 N–H and O–H groups in total. The topological polar surface area (TPSA) is 37.3 Å². The molecule has 0 saturated heterocycles. The van der Waals surface area contributed by atoms with Gasteiger partial charge < -0.3 is 5.11 Å². The molecule has 0 bridgehead atoms. The van der Waals surface area contributed by atoms with Crippen LogP contribution >= 0.6 is 0 Å². The van der Waals surface area contributed by atoms with Gasteiger partial charge in [0.05, 0.1) is 0 Å². The third-order valence-corrected chi connectivity index (χ3v) is 3.38. The van der Waals surface area contributed by atoms with Crippen molar-refractivity contribution in [1.82, 2.24) is 0 Å². The standard InChI is InChI=1S/C19H30O2/c1-2-3-4-5-6-7-8-9-10-11-12-13-14-15-16-17-18-19(20)21/h2-13,18H2,1H3,(H,20,21). The molecule has 0 spiro atoms. The first-order valence-electron chi connectivity index (χ1n) is 8.45. The summed E-state index contributed by atoms with van der Waals surface area (Å²) in [5.41, 5.74) is 0. The number of aliphatic carboxylic acids is 1. The van der Waals surface area contributed by atoms with E-state index in [1.807, 2.05) is 0 Å². The molecular weight excluding hydrogens is 260 g/mol. The predicted octanol–water partition coefficient (Wildman–Crippen LogP) is 5.17. The highest BCUT2D eigenvalue weighted by Crippen LogP contribution is 2.11. The van der Waals surface area contributed by atoms with E-state index in [9.17, 15) is 4.79 Å². The van der Waals surface area contributed by atoms with Crippen molar-refractivity contribution in [2.24, 2.45) is 0 Å². The molecule has 0 aromatic heterocycles. The van der Waals surface area contributed by atoms with Crippen LogP contribution in [0, 0.1) is 23.7 Å². The average Bonchev–Trinajstić information content (AvgIpc) is 2.46. The summed E-state index contributed by atoms with van der Waals surface area (Å²) in [4.78, 5) is 10.2. The Morgan fingerprint density at radius 2 is 1.24 bits per heavy atom. The van der Waals surface area contributed by atoms with Crippen molar-refractivity contribution in [3.8, 4) is 23.7 Å². The van der Waals surface area contributed by atoms with E-state index in [1.54, 1.807) is 0 Å². The van der Waals surface area contributed by atoms with Crippen LogP contribution in [0.2, 0.25) is 0 Å². The van der Waals surface area contributed by atoms with Gasteiger partial charge in [0.2, 0.25) is 0 Å². The average molecular weight is 290 g/mol. The molecule has 0 heterocycles. The first-order valence-corrected chi connectivity index (χ1v) is 8.45. The maximum atomic E-state index is 10.2. The summed E-state index contributed by atoms with van der Waals surface area (Å²) >= 11 is 0. The molecular formula is C19H30O2. The number of hydrogen-bond acceptors (Lipinski definition) is 1. The maximum absolute atomic E-state index is 10.2. The first kappa shape index (κ1) is 19.6. The minimum absolute atomic E-state index is 0.118. The van der Waals surface area contributed by atoms with Gasteiger partial charge in [0, 0.05) is 6.42 Å². The van der Waals surface area contributed by atoms with Crippen molar-refractivity contribution in [2.45, 2.75) is 90.4 Å². The van der Waals surface area contributed by atoms with E-state index in [1.165, 1.54) is 64.2 Å². The Morgan fingerprint density at radius 1 is 0.762 bits per heavy atom. The minimum atomic E-state index is -0.894. The molecule has 118 valence electrons. The smallest absolute Gasteiger partial charge is 0.315 e. The molecule has 0 rings (SSSR count).